The van der Waals surface area contributed by atoms with Crippen LogP contribution in [0.1, 0.15) is 0 Å². The molecule has 0 aliphatic carbocycles. The van der Waals surface area contributed by atoms with E-state index in [2.05, 4.69) is 30.5 Å². The molecule has 5 rings (SSSR count). The average molecular weight is 534 g/mol. The molecule has 0 unspecified atom stereocenters. The minimum Gasteiger partial charge on any atom is -0.399 e. The summed E-state index contributed by atoms with van der Waals surface area (Å²) in [5, 5.41) is 22.4. The summed E-state index contributed by atoms with van der Waals surface area (Å²) in [5.41, 5.74) is 22.2. The molecule has 0 spiro atoms. The van der Waals surface area contributed by atoms with Gasteiger partial charge in [0.25, 0.3) is 5.69 Å². The van der Waals surface area contributed by atoms with E-state index in [1.807, 2.05) is 24.3 Å². The highest BCUT2D eigenvalue weighted by Crippen LogP contribution is 2.35. The lowest BCUT2D eigenvalue weighted by Gasteiger charge is -2.23. The average Bonchev–Trinajstić information content (AvgIpc) is 2.95. The number of aromatic nitrogens is 3. The Kier molecular flexibility index (Phi) is 7.09. The van der Waals surface area contributed by atoms with Crippen molar-refractivity contribution in [1.82, 2.24) is 15.0 Å². The first-order valence-electron chi connectivity index (χ1n) is 11.9. The van der Waals surface area contributed by atoms with Gasteiger partial charge >= 0.3 is 0 Å². The van der Waals surface area contributed by atoms with Gasteiger partial charge in [-0.05, 0) is 84.9 Å². The number of nitrogens with zero attached hydrogens (tertiary/aromatic N) is 7. The quantitative estimate of drug-likeness (QED) is 0.0775. The Hall–Kier alpha value is -6.11. The SMILES string of the molecule is Nc1ccc(Nc2nc(N)nc(N(c3ccc(N)cc3)c3ccc(N=Nc4ccc([N+](=O)[O-])cc4)cc3)n2)cc1. The van der Waals surface area contributed by atoms with Crippen LogP contribution in [-0.4, -0.2) is 19.9 Å². The molecule has 13 nitrogen and oxygen atoms in total. The highest BCUT2D eigenvalue weighted by molar-refractivity contribution is 5.75. The molecule has 13 heteroatoms. The molecule has 198 valence electrons. The van der Waals surface area contributed by atoms with Crippen molar-refractivity contribution in [1.29, 1.82) is 0 Å². The second kappa shape index (κ2) is 11.1. The normalized spacial score (nSPS) is 10.9. The van der Waals surface area contributed by atoms with E-state index < -0.39 is 4.92 Å². The fourth-order valence-corrected chi connectivity index (χ4v) is 3.66. The number of anilines is 8. The van der Waals surface area contributed by atoms with Crippen LogP contribution in [0.4, 0.5) is 63.3 Å². The predicted molar refractivity (Wildman–Crippen MR) is 155 cm³/mol. The highest BCUT2D eigenvalue weighted by atomic mass is 16.6. The molecule has 1 aromatic heterocycles. The molecule has 40 heavy (non-hydrogen) atoms. The number of nitro groups is 1. The minimum absolute atomic E-state index is 0.0168. The molecule has 4 aromatic carbocycles. The summed E-state index contributed by atoms with van der Waals surface area (Å²) < 4.78 is 0. The number of azo groups is 1. The number of nitro benzene ring substituents is 1. The van der Waals surface area contributed by atoms with Crippen LogP contribution in [0.2, 0.25) is 0 Å². The minimum atomic E-state index is -0.469. The Balaban J connectivity index is 1.46. The Morgan fingerprint density at radius 3 is 1.73 bits per heavy atom. The molecule has 0 amide bonds. The summed E-state index contributed by atoms with van der Waals surface area (Å²) in [4.78, 5) is 25.4. The van der Waals surface area contributed by atoms with Gasteiger partial charge in [-0.15, -0.1) is 0 Å². The van der Waals surface area contributed by atoms with Crippen molar-refractivity contribution in [3.8, 4) is 0 Å². The summed E-state index contributed by atoms with van der Waals surface area (Å²) in [6.07, 6.45) is 0. The third-order valence-corrected chi connectivity index (χ3v) is 5.61. The number of benzene rings is 4. The molecule has 0 aliphatic rings. The maximum Gasteiger partial charge on any atom is 0.269 e. The second-order valence-corrected chi connectivity index (χ2v) is 8.48. The zero-order valence-electron chi connectivity index (χ0n) is 20.9. The molecule has 1 heterocycles. The van der Waals surface area contributed by atoms with Gasteiger partial charge in [0, 0.05) is 40.6 Å². The smallest absolute Gasteiger partial charge is 0.269 e. The van der Waals surface area contributed by atoms with Gasteiger partial charge < -0.3 is 22.5 Å². The van der Waals surface area contributed by atoms with E-state index in [1.54, 1.807) is 53.4 Å². The third-order valence-electron chi connectivity index (χ3n) is 5.61. The molecule has 0 bridgehead atoms. The first-order chi connectivity index (χ1) is 19.3. The van der Waals surface area contributed by atoms with Crippen molar-refractivity contribution in [3.63, 3.8) is 0 Å². The molecule has 0 saturated heterocycles. The van der Waals surface area contributed by atoms with E-state index in [9.17, 15) is 10.1 Å². The maximum atomic E-state index is 10.8. The summed E-state index contributed by atoms with van der Waals surface area (Å²) in [7, 11) is 0. The van der Waals surface area contributed by atoms with E-state index in [0.717, 1.165) is 11.4 Å². The van der Waals surface area contributed by atoms with Crippen LogP contribution in [0, 0.1) is 10.1 Å². The molecule has 7 N–H and O–H groups in total. The number of hydrogen-bond donors (Lipinski definition) is 4. The van der Waals surface area contributed by atoms with Crippen molar-refractivity contribution < 1.29 is 4.92 Å². The van der Waals surface area contributed by atoms with Crippen LogP contribution < -0.4 is 27.4 Å². The number of non-ortho nitro benzene ring substituents is 1. The van der Waals surface area contributed by atoms with Gasteiger partial charge in [-0.3, -0.25) is 15.0 Å². The zero-order valence-corrected chi connectivity index (χ0v) is 20.9. The zero-order chi connectivity index (χ0) is 28.1. The van der Waals surface area contributed by atoms with E-state index in [4.69, 9.17) is 17.2 Å². The van der Waals surface area contributed by atoms with Crippen LogP contribution in [0.25, 0.3) is 0 Å². The van der Waals surface area contributed by atoms with Gasteiger partial charge in [0.2, 0.25) is 17.8 Å². The van der Waals surface area contributed by atoms with Gasteiger partial charge in [-0.2, -0.15) is 25.2 Å². The second-order valence-electron chi connectivity index (χ2n) is 8.48. The Bertz CT molecular complexity index is 1660. The standard InChI is InChI=1S/C27H23N11O2/c28-17-1-5-19(6-2-17)31-26-32-25(30)33-27(34-26)37(22-11-3-18(29)4-12-22)23-13-7-20(8-14-23)35-36-21-9-15-24(16-10-21)38(39)40/h1-16H,28-29H2,(H3,30,31,32,33,34). The van der Waals surface area contributed by atoms with E-state index in [-0.39, 0.29) is 23.5 Å². The highest BCUT2D eigenvalue weighted by Gasteiger charge is 2.18. The van der Waals surface area contributed by atoms with Crippen LogP contribution >= 0.6 is 0 Å². The maximum absolute atomic E-state index is 10.8. The molecule has 0 radical (unpaired) electrons. The number of nitrogens with two attached hydrogens (primary N) is 3. The number of hydrogen-bond acceptors (Lipinski definition) is 12. The lowest BCUT2D eigenvalue weighted by molar-refractivity contribution is -0.384. The van der Waals surface area contributed by atoms with Crippen LogP contribution in [0.5, 0.6) is 0 Å². The molecule has 0 aliphatic heterocycles. The van der Waals surface area contributed by atoms with Gasteiger partial charge in [0.1, 0.15) is 0 Å². The van der Waals surface area contributed by atoms with E-state index >= 15 is 0 Å². The summed E-state index contributed by atoms with van der Waals surface area (Å²) in [6.45, 7) is 0. The topological polar surface area (TPSA) is 200 Å². The largest absolute Gasteiger partial charge is 0.399 e. The van der Waals surface area contributed by atoms with Gasteiger partial charge in [-0.25, -0.2) is 0 Å². The molecule has 0 fully saturated rings. The third kappa shape index (κ3) is 6.06. The van der Waals surface area contributed by atoms with Crippen LogP contribution in [0.15, 0.2) is 107 Å². The number of nitrogens with one attached hydrogen (secondary N) is 1. The van der Waals surface area contributed by atoms with Crippen LogP contribution in [0.3, 0.4) is 0 Å². The Morgan fingerprint density at radius 1 is 0.675 bits per heavy atom. The Labute approximate surface area is 228 Å². The summed E-state index contributed by atoms with van der Waals surface area (Å²) in [6, 6.07) is 27.3. The van der Waals surface area contributed by atoms with Crippen molar-refractivity contribution in [2.45, 2.75) is 0 Å². The molecular formula is C27H23N11O2. The molecule has 0 atom stereocenters. The predicted octanol–water partition coefficient (Wildman–Crippen LogP) is 6.16. The monoisotopic (exact) mass is 533 g/mol. The van der Waals surface area contributed by atoms with Gasteiger partial charge in [-0.1, -0.05) is 0 Å². The number of rotatable bonds is 8. The van der Waals surface area contributed by atoms with Crippen molar-refractivity contribution in [3.05, 3.63) is 107 Å². The van der Waals surface area contributed by atoms with Gasteiger partial charge in [0.05, 0.1) is 16.3 Å². The van der Waals surface area contributed by atoms with Crippen molar-refractivity contribution in [2.24, 2.45) is 10.2 Å². The summed E-state index contributed by atoms with van der Waals surface area (Å²) >= 11 is 0. The lowest BCUT2D eigenvalue weighted by atomic mass is 10.2. The van der Waals surface area contributed by atoms with Crippen molar-refractivity contribution in [2.75, 3.05) is 27.4 Å². The first-order valence-corrected chi connectivity index (χ1v) is 11.9. The van der Waals surface area contributed by atoms with E-state index in [1.165, 1.54) is 24.3 Å². The molecule has 0 saturated carbocycles. The summed E-state index contributed by atoms with van der Waals surface area (Å²) in [5.74, 6) is 0.550. The number of nitrogen functional groups attached to an aromatic ring is 3. The van der Waals surface area contributed by atoms with E-state index in [0.29, 0.717) is 28.4 Å². The first kappa shape index (κ1) is 25.5. The fraction of sp³-hybridized carbons (Fsp3) is 0. The molecular weight excluding hydrogens is 510 g/mol. The lowest BCUT2D eigenvalue weighted by Crippen LogP contribution is -2.16. The van der Waals surface area contributed by atoms with Crippen molar-refractivity contribution >= 4 is 63.3 Å². The molecule has 5 aromatic rings. The Morgan fingerprint density at radius 2 is 1.18 bits per heavy atom. The van der Waals surface area contributed by atoms with Gasteiger partial charge in [0.15, 0.2) is 0 Å². The van der Waals surface area contributed by atoms with Crippen LogP contribution in [-0.2, 0) is 0 Å². The fourth-order valence-electron chi connectivity index (χ4n) is 3.66.